The molecular weight excluding hydrogens is 180 g/mol. The van der Waals surface area contributed by atoms with Crippen molar-refractivity contribution in [3.05, 3.63) is 17.5 Å². The molecule has 0 aliphatic rings. The number of aromatic hydroxyl groups is 1. The first-order valence-electron chi connectivity index (χ1n) is 3.24. The number of aromatic nitrogens is 1. The van der Waals surface area contributed by atoms with Crippen molar-refractivity contribution in [2.24, 2.45) is 0 Å². The van der Waals surface area contributed by atoms with E-state index in [0.717, 1.165) is 6.07 Å². The number of nitrogen functional groups attached to an aromatic ring is 1. The lowest BCUT2D eigenvalue weighted by Crippen LogP contribution is -2.00. The molecule has 0 atom stereocenters. The molecule has 0 bridgehead atoms. The molecule has 68 valence electrons. The van der Waals surface area contributed by atoms with Crippen LogP contribution < -0.4 is 5.73 Å². The Bertz CT molecular complexity index is 373. The lowest BCUT2D eigenvalue weighted by molar-refractivity contribution is 0.147. The van der Waals surface area contributed by atoms with Crippen LogP contribution in [0.4, 0.5) is 14.5 Å². The van der Waals surface area contributed by atoms with Crippen molar-refractivity contribution in [1.82, 2.24) is 4.98 Å². The Labute approximate surface area is 72.2 Å². The van der Waals surface area contributed by atoms with Gasteiger partial charge in [-0.25, -0.2) is 13.8 Å². The Morgan fingerprint density at radius 2 is 2.23 bits per heavy atom. The average Bonchev–Trinajstić information content (AvgIpc) is 2.03. The smallest absolute Gasteiger partial charge is 0.282 e. The third kappa shape index (κ3) is 1.64. The van der Waals surface area contributed by atoms with Crippen molar-refractivity contribution < 1.29 is 13.9 Å². The molecule has 0 saturated heterocycles. The van der Waals surface area contributed by atoms with Crippen LogP contribution in [0.15, 0.2) is 6.07 Å². The number of pyridine rings is 1. The van der Waals surface area contributed by atoms with Gasteiger partial charge in [0, 0.05) is 6.07 Å². The van der Waals surface area contributed by atoms with E-state index in [1.54, 1.807) is 0 Å². The number of halogens is 2. The van der Waals surface area contributed by atoms with E-state index in [-0.39, 0.29) is 5.69 Å². The number of hydrogen-bond acceptors (Lipinski definition) is 4. The Kier molecular flexibility index (Phi) is 2.28. The van der Waals surface area contributed by atoms with Crippen LogP contribution in [0.3, 0.4) is 0 Å². The van der Waals surface area contributed by atoms with Gasteiger partial charge in [-0.1, -0.05) is 0 Å². The molecule has 0 amide bonds. The first-order chi connectivity index (χ1) is 6.06. The minimum atomic E-state index is -2.85. The average molecular weight is 185 g/mol. The number of alkyl halides is 2. The third-order valence-electron chi connectivity index (χ3n) is 1.38. The molecule has 0 fully saturated rings. The molecule has 0 aromatic carbocycles. The quantitative estimate of drug-likeness (QED) is 0.688. The van der Waals surface area contributed by atoms with Gasteiger partial charge in [-0.15, -0.1) is 0 Å². The highest BCUT2D eigenvalue weighted by molar-refractivity contribution is 5.52. The first kappa shape index (κ1) is 9.19. The molecule has 13 heavy (non-hydrogen) atoms. The molecule has 0 radical (unpaired) electrons. The SMILES string of the molecule is N#Cc1nc(C(F)F)c(N)cc1O. The molecule has 0 saturated carbocycles. The van der Waals surface area contributed by atoms with Gasteiger partial charge < -0.3 is 10.8 Å². The summed E-state index contributed by atoms with van der Waals surface area (Å²) in [4.78, 5) is 3.20. The van der Waals surface area contributed by atoms with Gasteiger partial charge in [-0.05, 0) is 0 Å². The topological polar surface area (TPSA) is 82.9 Å². The summed E-state index contributed by atoms with van der Waals surface area (Å²) in [5, 5.41) is 17.3. The van der Waals surface area contributed by atoms with Crippen molar-refractivity contribution in [1.29, 1.82) is 5.26 Å². The maximum absolute atomic E-state index is 12.1. The van der Waals surface area contributed by atoms with Gasteiger partial charge in [0.2, 0.25) is 0 Å². The number of rotatable bonds is 1. The van der Waals surface area contributed by atoms with Gasteiger partial charge in [0.1, 0.15) is 11.8 Å². The molecule has 0 aliphatic carbocycles. The van der Waals surface area contributed by atoms with Gasteiger partial charge in [0.25, 0.3) is 6.43 Å². The summed E-state index contributed by atoms with van der Waals surface area (Å²) >= 11 is 0. The Hall–Kier alpha value is -1.90. The van der Waals surface area contributed by atoms with Crippen molar-refractivity contribution >= 4 is 5.69 Å². The Morgan fingerprint density at radius 3 is 2.69 bits per heavy atom. The maximum Gasteiger partial charge on any atom is 0.282 e. The van der Waals surface area contributed by atoms with Crippen LogP contribution in [0.1, 0.15) is 17.8 Å². The zero-order valence-corrected chi connectivity index (χ0v) is 6.33. The predicted octanol–water partition coefficient (Wildman–Crippen LogP) is 1.18. The second-order valence-electron chi connectivity index (χ2n) is 2.24. The zero-order valence-electron chi connectivity index (χ0n) is 6.33. The molecule has 3 N–H and O–H groups in total. The molecule has 0 unspecified atom stereocenters. The van der Waals surface area contributed by atoms with Crippen LogP contribution in [-0.4, -0.2) is 10.1 Å². The van der Waals surface area contributed by atoms with Gasteiger partial charge in [-0.2, -0.15) is 5.26 Å². The third-order valence-corrected chi connectivity index (χ3v) is 1.38. The van der Waals surface area contributed by atoms with E-state index < -0.39 is 23.6 Å². The van der Waals surface area contributed by atoms with Gasteiger partial charge in [0.05, 0.1) is 5.69 Å². The van der Waals surface area contributed by atoms with Crippen molar-refractivity contribution in [2.75, 3.05) is 5.73 Å². The summed E-state index contributed by atoms with van der Waals surface area (Å²) in [5.41, 5.74) is 3.67. The minimum Gasteiger partial charge on any atom is -0.505 e. The fraction of sp³-hybridized carbons (Fsp3) is 0.143. The summed E-state index contributed by atoms with van der Waals surface area (Å²) in [5.74, 6) is -0.496. The van der Waals surface area contributed by atoms with Crippen molar-refractivity contribution in [3.63, 3.8) is 0 Å². The highest BCUT2D eigenvalue weighted by Crippen LogP contribution is 2.27. The van der Waals surface area contributed by atoms with Gasteiger partial charge >= 0.3 is 0 Å². The molecule has 0 spiro atoms. The summed E-state index contributed by atoms with van der Waals surface area (Å²) in [7, 11) is 0. The molecule has 1 aromatic rings. The van der Waals surface area contributed by atoms with Crippen LogP contribution in [0.2, 0.25) is 0 Å². The van der Waals surface area contributed by atoms with Crippen LogP contribution in [0, 0.1) is 11.3 Å². The second kappa shape index (κ2) is 3.23. The molecule has 4 nitrogen and oxygen atoms in total. The molecule has 1 heterocycles. The normalized spacial score (nSPS) is 10.0. The van der Waals surface area contributed by atoms with Crippen LogP contribution in [-0.2, 0) is 0 Å². The number of anilines is 1. The van der Waals surface area contributed by atoms with Crippen molar-refractivity contribution in [3.8, 4) is 11.8 Å². The Balaban J connectivity index is 3.33. The van der Waals surface area contributed by atoms with E-state index in [4.69, 9.17) is 16.1 Å². The molecule has 1 aromatic heterocycles. The fourth-order valence-corrected chi connectivity index (χ4v) is 0.789. The predicted molar refractivity (Wildman–Crippen MR) is 40.0 cm³/mol. The number of nitriles is 1. The Morgan fingerprint density at radius 1 is 1.62 bits per heavy atom. The standard InChI is InChI=1S/C7H5F2N3O/c8-7(9)6-3(11)1-5(13)4(2-10)12-6/h1,7,13H,11H2. The van der Waals surface area contributed by atoms with E-state index >= 15 is 0 Å². The summed E-state index contributed by atoms with van der Waals surface area (Å²) < 4.78 is 24.3. The van der Waals surface area contributed by atoms with E-state index in [0.29, 0.717) is 0 Å². The largest absolute Gasteiger partial charge is 0.505 e. The van der Waals surface area contributed by atoms with Crippen LogP contribution in [0.5, 0.6) is 5.75 Å². The second-order valence-corrected chi connectivity index (χ2v) is 2.24. The highest BCUT2D eigenvalue weighted by atomic mass is 19.3. The fourth-order valence-electron chi connectivity index (χ4n) is 0.789. The molecular formula is C7H5F2N3O. The molecule has 0 aliphatic heterocycles. The van der Waals surface area contributed by atoms with E-state index in [1.807, 2.05) is 0 Å². The van der Waals surface area contributed by atoms with E-state index in [1.165, 1.54) is 6.07 Å². The highest BCUT2D eigenvalue weighted by Gasteiger charge is 2.16. The summed E-state index contributed by atoms with van der Waals surface area (Å²) in [6, 6.07) is 2.35. The van der Waals surface area contributed by atoms with E-state index in [9.17, 15) is 8.78 Å². The number of nitrogens with zero attached hydrogens (tertiary/aromatic N) is 2. The number of nitrogens with two attached hydrogens (primary N) is 1. The molecule has 6 heteroatoms. The zero-order chi connectivity index (χ0) is 10.0. The maximum atomic E-state index is 12.1. The van der Waals surface area contributed by atoms with Gasteiger partial charge in [-0.3, -0.25) is 0 Å². The molecule has 1 rings (SSSR count). The summed E-state index contributed by atoms with van der Waals surface area (Å²) in [6.45, 7) is 0. The number of hydrogen-bond donors (Lipinski definition) is 2. The minimum absolute atomic E-state index is 0.327. The van der Waals surface area contributed by atoms with E-state index in [2.05, 4.69) is 4.98 Å². The van der Waals surface area contributed by atoms with Crippen molar-refractivity contribution in [2.45, 2.75) is 6.43 Å². The lowest BCUT2D eigenvalue weighted by atomic mass is 10.2. The lowest BCUT2D eigenvalue weighted by Gasteiger charge is -2.04. The van der Waals surface area contributed by atoms with Gasteiger partial charge in [0.15, 0.2) is 11.4 Å². The van der Waals surface area contributed by atoms with Crippen LogP contribution >= 0.6 is 0 Å². The first-order valence-corrected chi connectivity index (χ1v) is 3.24. The van der Waals surface area contributed by atoms with Crippen LogP contribution in [0.25, 0.3) is 0 Å². The summed E-state index contributed by atoms with van der Waals surface area (Å²) in [6.07, 6.45) is -2.85. The monoisotopic (exact) mass is 185 g/mol.